The average Bonchev–Trinajstić information content (AvgIpc) is 2.94. The van der Waals surface area contributed by atoms with Gasteiger partial charge in [0.25, 0.3) is 5.91 Å². The molecule has 2 N–H and O–H groups in total. The molecule has 0 fully saturated rings. The number of ether oxygens (including phenoxy) is 1. The van der Waals surface area contributed by atoms with Gasteiger partial charge in [-0.25, -0.2) is 0 Å². The number of aryl methyl sites for hydroxylation is 1. The number of carbonyl (C=O) groups is 1. The van der Waals surface area contributed by atoms with Crippen molar-refractivity contribution in [3.8, 4) is 5.75 Å². The van der Waals surface area contributed by atoms with Crippen LogP contribution in [0.3, 0.4) is 0 Å². The van der Waals surface area contributed by atoms with E-state index in [9.17, 15) is 4.79 Å². The third kappa shape index (κ3) is 2.90. The highest BCUT2D eigenvalue weighted by molar-refractivity contribution is 6.08. The second kappa shape index (κ2) is 6.56. The van der Waals surface area contributed by atoms with Gasteiger partial charge in [-0.05, 0) is 23.8 Å². The van der Waals surface area contributed by atoms with Gasteiger partial charge in [-0.2, -0.15) is 0 Å². The number of para-hydroxylation sites is 1. The van der Waals surface area contributed by atoms with Gasteiger partial charge in [0, 0.05) is 35.8 Å². The Balaban J connectivity index is 1.68. The lowest BCUT2D eigenvalue weighted by atomic mass is 10.1. The van der Waals surface area contributed by atoms with Gasteiger partial charge in [0.15, 0.2) is 6.10 Å². The topological polar surface area (TPSA) is 57.2 Å². The van der Waals surface area contributed by atoms with Crippen molar-refractivity contribution in [3.63, 3.8) is 0 Å². The van der Waals surface area contributed by atoms with Gasteiger partial charge in [-0.3, -0.25) is 4.79 Å². The normalized spacial score (nSPS) is 12.3. The summed E-state index contributed by atoms with van der Waals surface area (Å²) in [6, 6.07) is 23.9. The molecule has 0 saturated heterocycles. The highest BCUT2D eigenvalue weighted by atomic mass is 16.5. The molecule has 4 nitrogen and oxygen atoms in total. The van der Waals surface area contributed by atoms with E-state index in [0.29, 0.717) is 12.2 Å². The predicted molar refractivity (Wildman–Crippen MR) is 104 cm³/mol. The number of primary amides is 1. The van der Waals surface area contributed by atoms with Crippen molar-refractivity contribution in [1.82, 2.24) is 4.57 Å². The van der Waals surface area contributed by atoms with Gasteiger partial charge in [0.1, 0.15) is 5.75 Å². The molecule has 26 heavy (non-hydrogen) atoms. The highest BCUT2D eigenvalue weighted by Gasteiger charge is 2.19. The fourth-order valence-corrected chi connectivity index (χ4v) is 3.41. The van der Waals surface area contributed by atoms with Crippen molar-refractivity contribution in [1.29, 1.82) is 0 Å². The average molecular weight is 344 g/mol. The second-order valence-corrected chi connectivity index (χ2v) is 6.45. The zero-order valence-corrected chi connectivity index (χ0v) is 14.6. The van der Waals surface area contributed by atoms with Crippen LogP contribution in [0, 0.1) is 0 Å². The van der Waals surface area contributed by atoms with Crippen LogP contribution in [0.5, 0.6) is 5.75 Å². The van der Waals surface area contributed by atoms with E-state index in [2.05, 4.69) is 16.7 Å². The zero-order chi connectivity index (χ0) is 18.1. The van der Waals surface area contributed by atoms with Gasteiger partial charge in [0.2, 0.25) is 0 Å². The standard InChI is InChI=1S/C22H20N2O2/c1-24-19-10-6-5-9-17(19)18-12-11-16(14-20(18)24)26-21(22(23)25)13-15-7-3-2-4-8-15/h2-12,14,21H,13H2,1H3,(H2,23,25). The summed E-state index contributed by atoms with van der Waals surface area (Å²) in [5, 5.41) is 2.36. The van der Waals surface area contributed by atoms with Crippen molar-refractivity contribution in [2.75, 3.05) is 0 Å². The molecular weight excluding hydrogens is 324 g/mol. The number of rotatable bonds is 5. The number of nitrogens with two attached hydrogens (primary N) is 1. The summed E-state index contributed by atoms with van der Waals surface area (Å²) >= 11 is 0. The minimum atomic E-state index is -0.704. The minimum Gasteiger partial charge on any atom is -0.480 e. The molecule has 3 aromatic carbocycles. The molecule has 130 valence electrons. The number of amides is 1. The molecule has 0 radical (unpaired) electrons. The third-order valence-corrected chi connectivity index (χ3v) is 4.75. The molecule has 1 amide bonds. The largest absolute Gasteiger partial charge is 0.480 e. The molecule has 0 spiro atoms. The van der Waals surface area contributed by atoms with Gasteiger partial charge in [-0.1, -0.05) is 48.5 Å². The third-order valence-electron chi connectivity index (χ3n) is 4.75. The van der Waals surface area contributed by atoms with Crippen molar-refractivity contribution in [2.24, 2.45) is 12.8 Å². The second-order valence-electron chi connectivity index (χ2n) is 6.45. The number of benzene rings is 3. The fourth-order valence-electron chi connectivity index (χ4n) is 3.41. The molecule has 4 aromatic rings. The van der Waals surface area contributed by atoms with Crippen LogP contribution in [0.1, 0.15) is 5.56 Å². The first-order valence-corrected chi connectivity index (χ1v) is 8.60. The first kappa shape index (κ1) is 16.2. The maximum absolute atomic E-state index is 11.9. The van der Waals surface area contributed by atoms with Crippen molar-refractivity contribution < 1.29 is 9.53 Å². The summed E-state index contributed by atoms with van der Waals surface area (Å²) in [6.45, 7) is 0. The highest BCUT2D eigenvalue weighted by Crippen LogP contribution is 2.31. The predicted octanol–water partition coefficient (Wildman–Crippen LogP) is 3.81. The molecule has 0 aliphatic heterocycles. The van der Waals surface area contributed by atoms with Crippen LogP contribution in [-0.4, -0.2) is 16.6 Å². The molecule has 0 saturated carbocycles. The maximum atomic E-state index is 11.9. The summed E-state index contributed by atoms with van der Waals surface area (Å²) in [6.07, 6.45) is -0.256. The van der Waals surface area contributed by atoms with E-state index in [1.54, 1.807) is 0 Å². The maximum Gasteiger partial charge on any atom is 0.258 e. The Morgan fingerprint density at radius 3 is 2.42 bits per heavy atom. The van der Waals surface area contributed by atoms with Gasteiger partial charge in [0.05, 0.1) is 5.52 Å². The van der Waals surface area contributed by atoms with Crippen LogP contribution in [0.4, 0.5) is 0 Å². The Kier molecular flexibility index (Phi) is 4.09. The first-order chi connectivity index (χ1) is 12.6. The molecule has 1 atom stereocenters. The van der Waals surface area contributed by atoms with E-state index in [1.165, 1.54) is 5.39 Å². The number of hydrogen-bond donors (Lipinski definition) is 1. The SMILES string of the molecule is Cn1c2ccccc2c2ccc(OC(Cc3ccccc3)C(N)=O)cc21. The lowest BCUT2D eigenvalue weighted by molar-refractivity contribution is -0.124. The summed E-state index contributed by atoms with van der Waals surface area (Å²) in [7, 11) is 2.03. The van der Waals surface area contributed by atoms with Gasteiger partial charge < -0.3 is 15.0 Å². The minimum absolute atomic E-state index is 0.448. The molecule has 1 aromatic heterocycles. The molecule has 4 heteroatoms. The van der Waals surface area contributed by atoms with E-state index >= 15 is 0 Å². The molecule has 1 heterocycles. The number of nitrogens with zero attached hydrogens (tertiary/aromatic N) is 1. The van der Waals surface area contributed by atoms with Crippen LogP contribution in [0.25, 0.3) is 21.8 Å². The van der Waals surface area contributed by atoms with Crippen molar-refractivity contribution in [2.45, 2.75) is 12.5 Å². The molecule has 0 bridgehead atoms. The van der Waals surface area contributed by atoms with E-state index in [1.807, 2.05) is 67.7 Å². The van der Waals surface area contributed by atoms with Crippen molar-refractivity contribution in [3.05, 3.63) is 78.4 Å². The smallest absolute Gasteiger partial charge is 0.258 e. The number of aromatic nitrogens is 1. The zero-order valence-electron chi connectivity index (χ0n) is 14.6. The van der Waals surface area contributed by atoms with Gasteiger partial charge >= 0.3 is 0 Å². The monoisotopic (exact) mass is 344 g/mol. The molecule has 4 rings (SSSR count). The number of carbonyl (C=O) groups excluding carboxylic acids is 1. The Hall–Kier alpha value is -3.27. The van der Waals surface area contributed by atoms with E-state index < -0.39 is 12.0 Å². The van der Waals surface area contributed by atoms with Crippen LogP contribution in [-0.2, 0) is 18.3 Å². The molecular formula is C22H20N2O2. The molecule has 1 unspecified atom stereocenters. The Morgan fingerprint density at radius 2 is 1.65 bits per heavy atom. The molecule has 0 aliphatic rings. The lowest BCUT2D eigenvalue weighted by Gasteiger charge is -2.16. The quantitative estimate of drug-likeness (QED) is 0.598. The number of hydrogen-bond acceptors (Lipinski definition) is 2. The van der Waals surface area contributed by atoms with Crippen LogP contribution in [0.15, 0.2) is 72.8 Å². The summed E-state index contributed by atoms with van der Waals surface area (Å²) in [4.78, 5) is 11.9. The van der Waals surface area contributed by atoms with Gasteiger partial charge in [-0.15, -0.1) is 0 Å². The first-order valence-electron chi connectivity index (χ1n) is 8.60. The summed E-state index contributed by atoms with van der Waals surface area (Å²) in [5.74, 6) is 0.175. The summed E-state index contributed by atoms with van der Waals surface area (Å²) in [5.41, 5.74) is 8.81. The lowest BCUT2D eigenvalue weighted by Crippen LogP contribution is -2.35. The Bertz CT molecular complexity index is 1080. The fraction of sp³-hybridized carbons (Fsp3) is 0.136. The molecule has 0 aliphatic carbocycles. The van der Waals surface area contributed by atoms with Crippen LogP contribution in [0.2, 0.25) is 0 Å². The van der Waals surface area contributed by atoms with E-state index in [0.717, 1.165) is 22.0 Å². The Labute approximate surface area is 151 Å². The van der Waals surface area contributed by atoms with E-state index in [-0.39, 0.29) is 0 Å². The Morgan fingerprint density at radius 1 is 0.962 bits per heavy atom. The van der Waals surface area contributed by atoms with Crippen LogP contribution >= 0.6 is 0 Å². The van der Waals surface area contributed by atoms with E-state index in [4.69, 9.17) is 10.5 Å². The number of fused-ring (bicyclic) bond motifs is 3. The summed E-state index contributed by atoms with van der Waals surface area (Å²) < 4.78 is 8.08. The van der Waals surface area contributed by atoms with Crippen LogP contribution < -0.4 is 10.5 Å². The van der Waals surface area contributed by atoms with Crippen molar-refractivity contribution >= 4 is 27.7 Å².